The number of nitrogens with zero attached hydrogens (tertiary/aromatic N) is 2. The third-order valence-electron chi connectivity index (χ3n) is 5.70. The summed E-state index contributed by atoms with van der Waals surface area (Å²) in [5.74, 6) is -0.0586. The topological polar surface area (TPSA) is 98.3 Å². The Bertz CT molecular complexity index is 876. The minimum Gasteiger partial charge on any atom is -0.396 e. The number of hydrogen-bond donors (Lipinski definition) is 3. The van der Waals surface area contributed by atoms with Crippen molar-refractivity contribution in [3.05, 3.63) is 27.1 Å². The average Bonchev–Trinajstić information content (AvgIpc) is 2.98. The third kappa shape index (κ3) is 2.59. The van der Waals surface area contributed by atoms with Crippen LogP contribution in [0.3, 0.4) is 0 Å². The van der Waals surface area contributed by atoms with E-state index in [1.54, 1.807) is 6.92 Å². The molecule has 8 heteroatoms. The maximum Gasteiger partial charge on any atom is 0.264 e. The predicted octanol–water partition coefficient (Wildman–Crippen LogP) is 0.870. The predicted molar refractivity (Wildman–Crippen MR) is 96.0 cm³/mol. The van der Waals surface area contributed by atoms with Crippen LogP contribution in [0.5, 0.6) is 0 Å². The van der Waals surface area contributed by atoms with Crippen molar-refractivity contribution in [1.82, 2.24) is 20.2 Å². The van der Waals surface area contributed by atoms with Crippen LogP contribution in [0.25, 0.3) is 10.2 Å². The van der Waals surface area contributed by atoms with Crippen LogP contribution in [-0.2, 0) is 0 Å². The average molecular weight is 362 g/mol. The van der Waals surface area contributed by atoms with Gasteiger partial charge in [0.1, 0.15) is 4.83 Å². The molecule has 25 heavy (non-hydrogen) atoms. The van der Waals surface area contributed by atoms with E-state index in [1.165, 1.54) is 17.7 Å². The van der Waals surface area contributed by atoms with Crippen LogP contribution >= 0.6 is 11.3 Å². The lowest BCUT2D eigenvalue weighted by Crippen LogP contribution is -2.62. The highest BCUT2D eigenvalue weighted by Crippen LogP contribution is 2.38. The zero-order chi connectivity index (χ0) is 17.6. The van der Waals surface area contributed by atoms with E-state index in [4.69, 9.17) is 0 Å². The van der Waals surface area contributed by atoms with Gasteiger partial charge < -0.3 is 20.3 Å². The Morgan fingerprint density at radius 1 is 1.56 bits per heavy atom. The van der Waals surface area contributed by atoms with Crippen molar-refractivity contribution >= 4 is 27.5 Å². The molecular formula is C17H22N4O3S. The number of aryl methyl sites for hydroxylation is 1. The minimum absolute atomic E-state index is 0.0586. The Morgan fingerprint density at radius 2 is 2.40 bits per heavy atom. The van der Waals surface area contributed by atoms with Crippen molar-refractivity contribution in [3.63, 3.8) is 0 Å². The zero-order valence-electron chi connectivity index (χ0n) is 14.2. The van der Waals surface area contributed by atoms with E-state index in [2.05, 4.69) is 15.3 Å². The molecule has 3 N–H and O–H groups in total. The second-order valence-electron chi connectivity index (χ2n) is 7.11. The van der Waals surface area contributed by atoms with Gasteiger partial charge in [0.05, 0.1) is 23.2 Å². The van der Waals surface area contributed by atoms with Gasteiger partial charge in [-0.3, -0.25) is 9.59 Å². The number of aliphatic hydroxyl groups excluding tert-OH is 1. The van der Waals surface area contributed by atoms with Gasteiger partial charge in [0.2, 0.25) is 0 Å². The number of aliphatic hydroxyl groups is 1. The molecule has 0 bridgehead atoms. The molecule has 2 aliphatic rings. The molecule has 0 radical (unpaired) electrons. The number of aromatic amines is 1. The van der Waals surface area contributed by atoms with Crippen LogP contribution in [0.4, 0.5) is 0 Å². The molecule has 0 unspecified atom stereocenters. The van der Waals surface area contributed by atoms with Crippen LogP contribution in [0, 0.1) is 12.3 Å². The zero-order valence-corrected chi connectivity index (χ0v) is 15.0. The highest BCUT2D eigenvalue weighted by atomic mass is 32.1. The number of aromatic nitrogens is 2. The van der Waals surface area contributed by atoms with E-state index in [-0.39, 0.29) is 29.5 Å². The smallest absolute Gasteiger partial charge is 0.264 e. The maximum absolute atomic E-state index is 13.1. The quantitative estimate of drug-likeness (QED) is 0.736. The third-order valence-corrected chi connectivity index (χ3v) is 6.89. The summed E-state index contributed by atoms with van der Waals surface area (Å²) in [4.78, 5) is 34.9. The summed E-state index contributed by atoms with van der Waals surface area (Å²) in [6, 6.07) is 0.267. The lowest BCUT2D eigenvalue weighted by molar-refractivity contribution is -0.0136. The Hall–Kier alpha value is -1.77. The number of carbonyl (C=O) groups is 1. The van der Waals surface area contributed by atoms with Crippen molar-refractivity contribution in [1.29, 1.82) is 0 Å². The molecular weight excluding hydrogens is 340 g/mol. The highest BCUT2D eigenvalue weighted by Gasteiger charge is 2.45. The fraction of sp³-hybridized carbons (Fsp3) is 0.588. The number of rotatable bonds is 2. The second-order valence-corrected chi connectivity index (χ2v) is 8.11. The number of piperidine rings is 2. The molecule has 2 aromatic rings. The van der Waals surface area contributed by atoms with Gasteiger partial charge in [-0.25, -0.2) is 4.98 Å². The summed E-state index contributed by atoms with van der Waals surface area (Å²) >= 11 is 1.28. The molecule has 7 nitrogen and oxygen atoms in total. The van der Waals surface area contributed by atoms with Crippen molar-refractivity contribution in [3.8, 4) is 0 Å². The Morgan fingerprint density at radius 3 is 3.16 bits per heavy atom. The first-order chi connectivity index (χ1) is 12.1. The van der Waals surface area contributed by atoms with Crippen molar-refractivity contribution in [2.45, 2.75) is 32.2 Å². The molecule has 4 heterocycles. The first-order valence-corrected chi connectivity index (χ1v) is 9.48. The number of amides is 1. The monoisotopic (exact) mass is 362 g/mol. The van der Waals surface area contributed by atoms with Crippen LogP contribution < -0.4 is 10.9 Å². The summed E-state index contributed by atoms with van der Waals surface area (Å²) in [7, 11) is 0. The number of nitrogens with one attached hydrogen (secondary N) is 2. The first kappa shape index (κ1) is 16.7. The molecule has 0 saturated carbocycles. The number of likely N-dealkylation sites (tertiary alicyclic amines) is 1. The molecule has 134 valence electrons. The molecule has 2 fully saturated rings. The molecule has 2 saturated heterocycles. The number of fused-ring (bicyclic) bond motifs is 2. The van der Waals surface area contributed by atoms with E-state index in [9.17, 15) is 14.7 Å². The van der Waals surface area contributed by atoms with Gasteiger partial charge in [-0.05, 0) is 38.3 Å². The Labute approximate surface area is 149 Å². The number of carbonyl (C=O) groups excluding carboxylic acids is 1. The van der Waals surface area contributed by atoms with E-state index in [1.807, 2.05) is 4.90 Å². The summed E-state index contributed by atoms with van der Waals surface area (Å²) in [6.45, 7) is 4.08. The van der Waals surface area contributed by atoms with Gasteiger partial charge in [0, 0.05) is 24.5 Å². The molecule has 2 aliphatic heterocycles. The van der Waals surface area contributed by atoms with E-state index in [0.29, 0.717) is 33.7 Å². The van der Waals surface area contributed by atoms with Crippen LogP contribution in [0.1, 0.15) is 34.5 Å². The van der Waals surface area contributed by atoms with Crippen molar-refractivity contribution in [2.24, 2.45) is 5.41 Å². The van der Waals surface area contributed by atoms with E-state index >= 15 is 0 Å². The molecule has 2 atom stereocenters. The summed E-state index contributed by atoms with van der Waals surface area (Å²) in [5.41, 5.74) is 0.230. The van der Waals surface area contributed by atoms with Gasteiger partial charge >= 0.3 is 0 Å². The first-order valence-electron chi connectivity index (χ1n) is 8.66. The summed E-state index contributed by atoms with van der Waals surface area (Å²) < 4.78 is 0. The van der Waals surface area contributed by atoms with E-state index < -0.39 is 0 Å². The van der Waals surface area contributed by atoms with Gasteiger partial charge in [0.25, 0.3) is 11.5 Å². The van der Waals surface area contributed by atoms with Crippen LogP contribution in [0.15, 0.2) is 11.1 Å². The van der Waals surface area contributed by atoms with Crippen molar-refractivity contribution < 1.29 is 9.90 Å². The van der Waals surface area contributed by atoms with Crippen LogP contribution in [-0.4, -0.2) is 58.2 Å². The van der Waals surface area contributed by atoms with Crippen molar-refractivity contribution in [2.75, 3.05) is 26.2 Å². The minimum atomic E-state index is -0.257. The molecule has 0 spiro atoms. The fourth-order valence-corrected chi connectivity index (χ4v) is 5.41. The molecule has 0 aliphatic carbocycles. The van der Waals surface area contributed by atoms with Crippen LogP contribution in [0.2, 0.25) is 0 Å². The van der Waals surface area contributed by atoms with Gasteiger partial charge in [-0.2, -0.15) is 0 Å². The molecule has 1 amide bonds. The number of thiophene rings is 1. The van der Waals surface area contributed by atoms with Gasteiger partial charge in [-0.1, -0.05) is 0 Å². The number of H-pyrrole nitrogens is 1. The maximum atomic E-state index is 13.1. The molecule has 0 aromatic carbocycles. The fourth-order valence-electron chi connectivity index (χ4n) is 4.29. The summed E-state index contributed by atoms with van der Waals surface area (Å²) in [5, 5.41) is 14.0. The van der Waals surface area contributed by atoms with Gasteiger partial charge in [0.15, 0.2) is 0 Å². The SMILES string of the molecule is Cc1c(C(=O)N2CC[C@H]3NCCC[C@]3(CO)C2)sc2nc[nH]c(=O)c12. The molecule has 2 aromatic heterocycles. The number of hydrogen-bond acceptors (Lipinski definition) is 6. The van der Waals surface area contributed by atoms with Gasteiger partial charge in [-0.15, -0.1) is 11.3 Å². The Balaban J connectivity index is 1.66. The lowest BCUT2D eigenvalue weighted by Gasteiger charge is -2.50. The highest BCUT2D eigenvalue weighted by molar-refractivity contribution is 7.20. The molecule has 4 rings (SSSR count). The standard InChI is InChI=1S/C17H22N4O3S/c1-10-12-14(23)19-9-20-15(12)25-13(10)16(24)21-6-3-11-17(7-21,8-22)4-2-5-18-11/h9,11,18,22H,2-8H2,1H3,(H,19,20,23)/t11-,17-/m1/s1. The second kappa shape index (κ2) is 6.19. The lowest BCUT2D eigenvalue weighted by atomic mass is 9.71. The van der Waals surface area contributed by atoms with E-state index in [0.717, 1.165) is 25.8 Å². The summed E-state index contributed by atoms with van der Waals surface area (Å²) in [6.07, 6.45) is 4.15. The Kier molecular flexibility index (Phi) is 4.13. The largest absolute Gasteiger partial charge is 0.396 e. The normalized spacial score (nSPS) is 26.6.